The van der Waals surface area contributed by atoms with E-state index in [0.717, 1.165) is 23.4 Å². The Morgan fingerprint density at radius 2 is 1.93 bits per heavy atom. The van der Waals surface area contributed by atoms with Crippen LogP contribution in [0, 0.1) is 11.8 Å². The molecule has 154 valence electrons. The van der Waals surface area contributed by atoms with Gasteiger partial charge in [-0.2, -0.15) is 0 Å². The summed E-state index contributed by atoms with van der Waals surface area (Å²) in [7, 11) is 0. The second kappa shape index (κ2) is 9.74. The van der Waals surface area contributed by atoms with Crippen LogP contribution in [0.3, 0.4) is 0 Å². The highest BCUT2D eigenvalue weighted by Crippen LogP contribution is 2.24. The fourth-order valence-electron chi connectivity index (χ4n) is 3.33. The first-order valence-electron chi connectivity index (χ1n) is 9.60. The number of phenolic OH excluding ortho intramolecular Hbond substituents is 1. The second-order valence-corrected chi connectivity index (χ2v) is 6.97. The molecule has 1 aliphatic heterocycles. The predicted octanol–water partition coefficient (Wildman–Crippen LogP) is 1.98. The molecule has 0 fully saturated rings. The zero-order valence-electron chi connectivity index (χ0n) is 16.2. The summed E-state index contributed by atoms with van der Waals surface area (Å²) in [5.74, 6) is -0.122. The number of carboxylic acid groups (broad SMARTS) is 1. The van der Waals surface area contributed by atoms with Gasteiger partial charge in [-0.1, -0.05) is 31.5 Å². The molecule has 0 bridgehead atoms. The number of anilines is 1. The SMILES string of the molecule is CCCC(C(=O)O)C(Cc1ccc(NCc2ccc(O)cc2)nc1)C1=NNNN1. The first-order valence-corrected chi connectivity index (χ1v) is 9.60. The Morgan fingerprint density at radius 3 is 2.52 bits per heavy atom. The predicted molar refractivity (Wildman–Crippen MR) is 110 cm³/mol. The molecule has 0 spiro atoms. The van der Waals surface area contributed by atoms with Gasteiger partial charge in [0.25, 0.3) is 0 Å². The van der Waals surface area contributed by atoms with Gasteiger partial charge in [0.15, 0.2) is 0 Å². The normalized spacial score (nSPS) is 15.0. The number of hydrazine groups is 2. The van der Waals surface area contributed by atoms with E-state index in [1.807, 2.05) is 31.2 Å². The molecule has 2 aromatic rings. The van der Waals surface area contributed by atoms with Crippen molar-refractivity contribution in [3.05, 3.63) is 53.7 Å². The minimum absolute atomic E-state index is 0.236. The van der Waals surface area contributed by atoms with Gasteiger partial charge in [0.05, 0.1) is 5.92 Å². The molecule has 0 amide bonds. The van der Waals surface area contributed by atoms with Crippen LogP contribution in [0.4, 0.5) is 5.82 Å². The maximum atomic E-state index is 11.8. The van der Waals surface area contributed by atoms with E-state index >= 15 is 0 Å². The van der Waals surface area contributed by atoms with Crippen molar-refractivity contribution >= 4 is 17.6 Å². The van der Waals surface area contributed by atoms with Crippen LogP contribution >= 0.6 is 0 Å². The lowest BCUT2D eigenvalue weighted by molar-refractivity contribution is -0.143. The van der Waals surface area contributed by atoms with Gasteiger partial charge in [-0.3, -0.25) is 10.2 Å². The molecule has 1 aliphatic rings. The van der Waals surface area contributed by atoms with E-state index in [-0.39, 0.29) is 11.7 Å². The number of nitrogens with one attached hydrogen (secondary N) is 4. The number of pyridine rings is 1. The van der Waals surface area contributed by atoms with Gasteiger partial charge in [0, 0.05) is 18.7 Å². The summed E-state index contributed by atoms with van der Waals surface area (Å²) in [4.78, 5) is 16.2. The quantitative estimate of drug-likeness (QED) is 0.358. The van der Waals surface area contributed by atoms with Crippen molar-refractivity contribution < 1.29 is 15.0 Å². The average molecular weight is 398 g/mol. The Morgan fingerprint density at radius 1 is 1.17 bits per heavy atom. The van der Waals surface area contributed by atoms with Gasteiger partial charge < -0.3 is 15.5 Å². The summed E-state index contributed by atoms with van der Waals surface area (Å²) < 4.78 is 0. The molecule has 9 heteroatoms. The number of hydrogen-bond donors (Lipinski definition) is 6. The number of aromatic hydroxyl groups is 1. The molecular formula is C20H26N6O3. The van der Waals surface area contributed by atoms with Crippen LogP contribution in [-0.2, 0) is 17.8 Å². The second-order valence-electron chi connectivity index (χ2n) is 6.97. The molecular weight excluding hydrogens is 372 g/mol. The van der Waals surface area contributed by atoms with Crippen molar-refractivity contribution in [2.45, 2.75) is 32.7 Å². The van der Waals surface area contributed by atoms with Crippen molar-refractivity contribution in [2.24, 2.45) is 16.9 Å². The summed E-state index contributed by atoms with van der Waals surface area (Å²) in [5.41, 5.74) is 10.2. The van der Waals surface area contributed by atoms with Gasteiger partial charge in [-0.25, -0.2) is 10.5 Å². The van der Waals surface area contributed by atoms with Crippen LogP contribution in [-0.4, -0.2) is 27.0 Å². The van der Waals surface area contributed by atoms with Gasteiger partial charge in [-0.05, 0) is 42.2 Å². The lowest BCUT2D eigenvalue weighted by Gasteiger charge is -2.23. The van der Waals surface area contributed by atoms with Crippen LogP contribution < -0.4 is 21.8 Å². The van der Waals surface area contributed by atoms with Crippen LogP contribution in [0.5, 0.6) is 5.75 Å². The number of hydrazone groups is 1. The number of nitrogens with zero attached hydrogens (tertiary/aromatic N) is 2. The zero-order chi connectivity index (χ0) is 20.6. The Labute approximate surface area is 169 Å². The molecule has 2 atom stereocenters. The van der Waals surface area contributed by atoms with Gasteiger partial charge >= 0.3 is 5.97 Å². The topological polar surface area (TPSA) is 131 Å². The standard InChI is InChI=1S/C20H26N6O3/c1-2-3-16(20(28)29)17(19-23-25-26-24-19)10-14-6-9-18(22-12-14)21-11-13-4-7-15(27)8-5-13/h4-9,12,16-17,25-27H,2-3,10-11H2,1H3,(H,21,22)(H,23,24)(H,28,29). The number of aromatic nitrogens is 1. The van der Waals surface area contributed by atoms with Gasteiger partial charge in [-0.15, -0.1) is 10.6 Å². The van der Waals surface area contributed by atoms with Crippen molar-refractivity contribution in [2.75, 3.05) is 5.32 Å². The molecule has 2 unspecified atom stereocenters. The Balaban J connectivity index is 1.66. The van der Waals surface area contributed by atoms with E-state index < -0.39 is 11.9 Å². The summed E-state index contributed by atoms with van der Waals surface area (Å²) in [6, 6.07) is 10.8. The first-order chi connectivity index (χ1) is 14.1. The van der Waals surface area contributed by atoms with E-state index in [0.29, 0.717) is 25.2 Å². The summed E-state index contributed by atoms with van der Waals surface area (Å²) in [6.45, 7) is 2.56. The van der Waals surface area contributed by atoms with E-state index in [4.69, 9.17) is 0 Å². The van der Waals surface area contributed by atoms with Crippen LogP contribution in [0.15, 0.2) is 47.7 Å². The van der Waals surface area contributed by atoms with Crippen molar-refractivity contribution in [1.29, 1.82) is 0 Å². The van der Waals surface area contributed by atoms with Gasteiger partial charge in [0.2, 0.25) is 0 Å². The Hall–Kier alpha value is -3.33. The van der Waals surface area contributed by atoms with Gasteiger partial charge in [0.1, 0.15) is 17.4 Å². The monoisotopic (exact) mass is 398 g/mol. The number of amidine groups is 1. The minimum atomic E-state index is -0.826. The molecule has 1 aromatic carbocycles. The Bertz CT molecular complexity index is 838. The lowest BCUT2D eigenvalue weighted by Crippen LogP contribution is -2.42. The molecule has 6 N–H and O–H groups in total. The highest BCUT2D eigenvalue weighted by atomic mass is 16.4. The van der Waals surface area contributed by atoms with Crippen molar-refractivity contribution in [3.63, 3.8) is 0 Å². The molecule has 29 heavy (non-hydrogen) atoms. The fourth-order valence-corrected chi connectivity index (χ4v) is 3.33. The molecule has 0 radical (unpaired) electrons. The number of phenols is 1. The summed E-state index contributed by atoms with van der Waals surface area (Å²) in [6.07, 6.45) is 3.62. The number of benzene rings is 1. The van der Waals surface area contributed by atoms with Crippen LogP contribution in [0.2, 0.25) is 0 Å². The number of carboxylic acids is 1. The maximum absolute atomic E-state index is 11.8. The molecule has 3 rings (SSSR count). The molecule has 1 aromatic heterocycles. The van der Waals surface area contributed by atoms with E-state index in [1.165, 1.54) is 0 Å². The third-order valence-corrected chi connectivity index (χ3v) is 4.87. The van der Waals surface area contributed by atoms with Crippen LogP contribution in [0.1, 0.15) is 30.9 Å². The highest BCUT2D eigenvalue weighted by Gasteiger charge is 2.33. The molecule has 2 heterocycles. The third kappa shape index (κ3) is 5.58. The van der Waals surface area contributed by atoms with E-state index in [1.54, 1.807) is 18.3 Å². The smallest absolute Gasteiger partial charge is 0.307 e. The van der Waals surface area contributed by atoms with Crippen molar-refractivity contribution in [1.82, 2.24) is 21.5 Å². The summed E-state index contributed by atoms with van der Waals surface area (Å²) in [5, 5.41) is 26.4. The maximum Gasteiger partial charge on any atom is 0.307 e. The fraction of sp³-hybridized carbons (Fsp3) is 0.350. The van der Waals surface area contributed by atoms with E-state index in [9.17, 15) is 15.0 Å². The lowest BCUT2D eigenvalue weighted by atomic mass is 9.83. The number of rotatable bonds is 10. The molecule has 9 nitrogen and oxygen atoms in total. The van der Waals surface area contributed by atoms with Crippen LogP contribution in [0.25, 0.3) is 0 Å². The number of carbonyl (C=O) groups is 1. The highest BCUT2D eigenvalue weighted by molar-refractivity contribution is 5.89. The number of hydrogen-bond acceptors (Lipinski definition) is 8. The van der Waals surface area contributed by atoms with Crippen molar-refractivity contribution in [3.8, 4) is 5.75 Å². The number of aliphatic carboxylic acids is 1. The summed E-state index contributed by atoms with van der Waals surface area (Å²) >= 11 is 0. The zero-order valence-corrected chi connectivity index (χ0v) is 16.2. The minimum Gasteiger partial charge on any atom is -0.508 e. The molecule has 0 saturated heterocycles. The average Bonchev–Trinajstić information content (AvgIpc) is 3.25. The Kier molecular flexibility index (Phi) is 6.85. The molecule has 0 aliphatic carbocycles. The largest absolute Gasteiger partial charge is 0.508 e. The van der Waals surface area contributed by atoms with E-state index in [2.05, 4.69) is 31.9 Å². The third-order valence-electron chi connectivity index (χ3n) is 4.87. The molecule has 0 saturated carbocycles. The first kappa shape index (κ1) is 20.4.